The smallest absolute Gasteiger partial charge is 0.292 e. The van der Waals surface area contributed by atoms with E-state index in [9.17, 15) is 18.8 Å². The van der Waals surface area contributed by atoms with Crippen LogP contribution < -0.4 is 15.0 Å². The van der Waals surface area contributed by atoms with Crippen molar-refractivity contribution in [1.82, 2.24) is 10.2 Å². The number of rotatable bonds is 6. The lowest BCUT2D eigenvalue weighted by molar-refractivity contribution is -0.132. The number of nitrogens with zero attached hydrogens (tertiary/aromatic N) is 2. The number of anilines is 1. The predicted molar refractivity (Wildman–Crippen MR) is 106 cm³/mol. The summed E-state index contributed by atoms with van der Waals surface area (Å²) >= 11 is 0. The number of carbonyl (C=O) groups excluding carboxylic acids is 3. The highest BCUT2D eigenvalue weighted by Gasteiger charge is 2.23. The summed E-state index contributed by atoms with van der Waals surface area (Å²) in [6.07, 6.45) is 0. The Morgan fingerprint density at radius 2 is 1.76 bits per heavy atom. The fourth-order valence-corrected chi connectivity index (χ4v) is 3.13. The van der Waals surface area contributed by atoms with E-state index in [1.807, 2.05) is 24.3 Å². The molecule has 0 unspecified atom stereocenters. The third-order valence-electron chi connectivity index (χ3n) is 4.74. The van der Waals surface area contributed by atoms with Crippen LogP contribution in [0.3, 0.4) is 0 Å². The van der Waals surface area contributed by atoms with Crippen molar-refractivity contribution in [3.8, 4) is 5.75 Å². The molecule has 7 nitrogen and oxygen atoms in total. The third kappa shape index (κ3) is 5.10. The number of hydrogen-bond acceptors (Lipinski definition) is 5. The van der Waals surface area contributed by atoms with Crippen molar-refractivity contribution in [1.29, 1.82) is 0 Å². The van der Waals surface area contributed by atoms with Crippen molar-refractivity contribution < 1.29 is 23.5 Å². The van der Waals surface area contributed by atoms with Crippen LogP contribution in [0.4, 0.5) is 10.1 Å². The summed E-state index contributed by atoms with van der Waals surface area (Å²) in [5, 5.41) is 2.32. The Bertz CT molecular complexity index is 910. The average Bonchev–Trinajstić information content (AvgIpc) is 2.76. The zero-order valence-corrected chi connectivity index (χ0v) is 16.1. The number of ether oxygens (including phenoxy) is 1. The Balaban J connectivity index is 1.48. The van der Waals surface area contributed by atoms with Gasteiger partial charge in [0, 0.05) is 43.5 Å². The van der Waals surface area contributed by atoms with E-state index in [-0.39, 0.29) is 18.0 Å². The fourth-order valence-electron chi connectivity index (χ4n) is 3.13. The standard InChI is InChI=1S/C21H22FN3O4/c1-29-18-7-3-6-17(13-18)24-8-10-25(11-9-24)19(26)14-23-21(28)20(27)15-4-2-5-16(22)12-15/h2-7,12-13H,8-11,14H2,1H3,(H,23,28). The van der Waals surface area contributed by atoms with Crippen molar-refractivity contribution in [2.75, 3.05) is 44.7 Å². The molecule has 1 aliphatic rings. The molecule has 1 heterocycles. The molecule has 29 heavy (non-hydrogen) atoms. The molecule has 0 aromatic heterocycles. The van der Waals surface area contributed by atoms with Gasteiger partial charge in [0.15, 0.2) is 0 Å². The summed E-state index contributed by atoms with van der Waals surface area (Å²) in [6.45, 7) is 2.02. The summed E-state index contributed by atoms with van der Waals surface area (Å²) < 4.78 is 18.4. The largest absolute Gasteiger partial charge is 0.497 e. The maximum Gasteiger partial charge on any atom is 0.292 e. The first-order valence-corrected chi connectivity index (χ1v) is 9.23. The topological polar surface area (TPSA) is 79.0 Å². The molecule has 0 radical (unpaired) electrons. The first-order valence-electron chi connectivity index (χ1n) is 9.23. The summed E-state index contributed by atoms with van der Waals surface area (Å²) in [5.74, 6) is -1.91. The van der Waals surface area contributed by atoms with Crippen molar-refractivity contribution in [3.63, 3.8) is 0 Å². The number of Topliss-reactive ketones (excluding diaryl/α,β-unsaturated/α-hetero) is 1. The molecule has 0 bridgehead atoms. The lowest BCUT2D eigenvalue weighted by atomic mass is 10.1. The number of amides is 2. The molecule has 0 spiro atoms. The molecule has 1 saturated heterocycles. The molecule has 8 heteroatoms. The van der Waals surface area contributed by atoms with Gasteiger partial charge in [-0.2, -0.15) is 0 Å². The van der Waals surface area contributed by atoms with Crippen molar-refractivity contribution in [2.45, 2.75) is 0 Å². The lowest BCUT2D eigenvalue weighted by Gasteiger charge is -2.36. The fraction of sp³-hybridized carbons (Fsp3) is 0.286. The Kier molecular flexibility index (Phi) is 6.43. The molecule has 1 fully saturated rings. The lowest BCUT2D eigenvalue weighted by Crippen LogP contribution is -2.51. The van der Waals surface area contributed by atoms with E-state index in [1.165, 1.54) is 18.2 Å². The highest BCUT2D eigenvalue weighted by Crippen LogP contribution is 2.22. The number of carbonyl (C=O) groups is 3. The normalized spacial score (nSPS) is 13.7. The second kappa shape index (κ2) is 9.18. The van der Waals surface area contributed by atoms with E-state index in [2.05, 4.69) is 10.2 Å². The number of ketones is 1. The van der Waals surface area contributed by atoms with E-state index in [1.54, 1.807) is 12.0 Å². The molecule has 0 atom stereocenters. The van der Waals surface area contributed by atoms with E-state index in [0.29, 0.717) is 26.2 Å². The number of nitrogens with one attached hydrogen (secondary N) is 1. The third-order valence-corrected chi connectivity index (χ3v) is 4.74. The molecule has 2 aromatic rings. The highest BCUT2D eigenvalue weighted by atomic mass is 19.1. The number of benzene rings is 2. The zero-order chi connectivity index (χ0) is 20.8. The summed E-state index contributed by atoms with van der Waals surface area (Å²) in [6, 6.07) is 12.6. The maximum atomic E-state index is 13.2. The molecule has 1 aliphatic heterocycles. The van der Waals surface area contributed by atoms with E-state index in [0.717, 1.165) is 17.5 Å². The molecule has 2 amide bonds. The Hall–Kier alpha value is -3.42. The SMILES string of the molecule is COc1cccc(N2CCN(C(=O)CNC(=O)C(=O)c3cccc(F)c3)CC2)c1. The van der Waals surface area contributed by atoms with Crippen LogP contribution >= 0.6 is 0 Å². The van der Waals surface area contributed by atoms with Gasteiger partial charge in [0.1, 0.15) is 11.6 Å². The van der Waals surface area contributed by atoms with Crippen LogP contribution in [-0.4, -0.2) is 62.3 Å². The Morgan fingerprint density at radius 1 is 1.03 bits per heavy atom. The molecular formula is C21H22FN3O4. The summed E-state index contributed by atoms with van der Waals surface area (Å²) in [7, 11) is 1.61. The molecule has 3 rings (SSSR count). The predicted octanol–water partition coefficient (Wildman–Crippen LogP) is 1.48. The molecule has 2 aromatic carbocycles. The summed E-state index contributed by atoms with van der Waals surface area (Å²) in [5.41, 5.74) is 0.965. The highest BCUT2D eigenvalue weighted by molar-refractivity contribution is 6.43. The molecule has 1 N–H and O–H groups in total. The zero-order valence-electron chi connectivity index (χ0n) is 16.1. The number of halogens is 1. The number of hydrogen-bond donors (Lipinski definition) is 1. The van der Waals surface area contributed by atoms with Crippen LogP contribution in [0.5, 0.6) is 5.75 Å². The van der Waals surface area contributed by atoms with Crippen LogP contribution in [-0.2, 0) is 9.59 Å². The molecule has 152 valence electrons. The summed E-state index contributed by atoms with van der Waals surface area (Å²) in [4.78, 5) is 40.1. The van der Waals surface area contributed by atoms with E-state index >= 15 is 0 Å². The monoisotopic (exact) mass is 399 g/mol. The quantitative estimate of drug-likeness (QED) is 0.588. The minimum Gasteiger partial charge on any atom is -0.497 e. The Morgan fingerprint density at radius 3 is 2.45 bits per heavy atom. The van der Waals surface area contributed by atoms with Crippen molar-refractivity contribution in [2.24, 2.45) is 0 Å². The van der Waals surface area contributed by atoms with Crippen LogP contribution in [0.25, 0.3) is 0 Å². The first-order chi connectivity index (χ1) is 14.0. The first kappa shape index (κ1) is 20.3. The van der Waals surface area contributed by atoms with Gasteiger partial charge in [-0.25, -0.2) is 4.39 Å². The van der Waals surface area contributed by atoms with Gasteiger partial charge in [0.25, 0.3) is 5.91 Å². The van der Waals surface area contributed by atoms with Gasteiger partial charge in [-0.15, -0.1) is 0 Å². The van der Waals surface area contributed by atoms with Gasteiger partial charge >= 0.3 is 0 Å². The number of piperazine rings is 1. The minimum atomic E-state index is -0.932. The second-order valence-corrected chi connectivity index (χ2v) is 6.59. The van der Waals surface area contributed by atoms with E-state index in [4.69, 9.17) is 4.74 Å². The van der Waals surface area contributed by atoms with Gasteiger partial charge in [0.05, 0.1) is 13.7 Å². The van der Waals surface area contributed by atoms with Crippen LogP contribution in [0.2, 0.25) is 0 Å². The number of methoxy groups -OCH3 is 1. The van der Waals surface area contributed by atoms with Gasteiger partial charge in [-0.3, -0.25) is 14.4 Å². The molecular weight excluding hydrogens is 377 g/mol. The Labute approximate surface area is 168 Å². The van der Waals surface area contributed by atoms with E-state index < -0.39 is 17.5 Å². The van der Waals surface area contributed by atoms with Crippen LogP contribution in [0, 0.1) is 5.82 Å². The maximum absolute atomic E-state index is 13.2. The van der Waals surface area contributed by atoms with Gasteiger partial charge in [0.2, 0.25) is 11.7 Å². The van der Waals surface area contributed by atoms with Crippen LogP contribution in [0.1, 0.15) is 10.4 Å². The minimum absolute atomic E-state index is 0.0538. The molecule has 0 aliphatic carbocycles. The second-order valence-electron chi connectivity index (χ2n) is 6.59. The average molecular weight is 399 g/mol. The van der Waals surface area contributed by atoms with Crippen LogP contribution in [0.15, 0.2) is 48.5 Å². The van der Waals surface area contributed by atoms with Gasteiger partial charge < -0.3 is 19.9 Å². The van der Waals surface area contributed by atoms with Crippen molar-refractivity contribution in [3.05, 3.63) is 59.9 Å². The van der Waals surface area contributed by atoms with Gasteiger partial charge in [-0.05, 0) is 24.3 Å². The van der Waals surface area contributed by atoms with Gasteiger partial charge in [-0.1, -0.05) is 18.2 Å². The molecule has 0 saturated carbocycles. The van der Waals surface area contributed by atoms with Crippen molar-refractivity contribution >= 4 is 23.3 Å².